The van der Waals surface area contributed by atoms with Gasteiger partial charge in [-0.15, -0.1) is 0 Å². The number of sulfonamides is 1. The van der Waals surface area contributed by atoms with Crippen LogP contribution in [0.2, 0.25) is 0 Å². The average Bonchev–Trinajstić information content (AvgIpc) is 2.27. The van der Waals surface area contributed by atoms with Gasteiger partial charge in [-0.1, -0.05) is 25.1 Å². The van der Waals surface area contributed by atoms with Crippen molar-refractivity contribution in [1.29, 1.82) is 0 Å². The van der Waals surface area contributed by atoms with Crippen LogP contribution < -0.4 is 15.8 Å². The van der Waals surface area contributed by atoms with Crippen LogP contribution in [0.25, 0.3) is 0 Å². The SMILES string of the molecule is C=C(Cl)CNc1cc(S(=O)(=O)NCC)ccc1N. The van der Waals surface area contributed by atoms with Crippen molar-refractivity contribution >= 4 is 33.0 Å². The van der Waals surface area contributed by atoms with Gasteiger partial charge >= 0.3 is 0 Å². The summed E-state index contributed by atoms with van der Waals surface area (Å²) in [5.74, 6) is 0. The van der Waals surface area contributed by atoms with Gasteiger partial charge in [0.1, 0.15) is 0 Å². The van der Waals surface area contributed by atoms with E-state index < -0.39 is 10.0 Å². The molecule has 1 rings (SSSR count). The molecule has 7 heteroatoms. The molecule has 0 aliphatic heterocycles. The van der Waals surface area contributed by atoms with Crippen LogP contribution in [-0.4, -0.2) is 21.5 Å². The first kappa shape index (κ1) is 14.8. The zero-order valence-corrected chi connectivity index (χ0v) is 11.6. The second-order valence-corrected chi connectivity index (χ2v) is 5.92. The first-order valence-corrected chi connectivity index (χ1v) is 7.19. The summed E-state index contributed by atoms with van der Waals surface area (Å²) in [7, 11) is -3.49. The van der Waals surface area contributed by atoms with Crippen LogP contribution in [0.4, 0.5) is 11.4 Å². The van der Waals surface area contributed by atoms with Crippen molar-refractivity contribution in [3.05, 3.63) is 29.8 Å². The van der Waals surface area contributed by atoms with Crippen molar-refractivity contribution in [3.8, 4) is 0 Å². The van der Waals surface area contributed by atoms with Crippen molar-refractivity contribution in [2.24, 2.45) is 0 Å². The fraction of sp³-hybridized carbons (Fsp3) is 0.273. The Morgan fingerprint density at radius 2 is 2.17 bits per heavy atom. The van der Waals surface area contributed by atoms with Gasteiger partial charge in [0, 0.05) is 11.6 Å². The molecule has 0 saturated carbocycles. The summed E-state index contributed by atoms with van der Waals surface area (Å²) in [6, 6.07) is 4.45. The molecule has 0 saturated heterocycles. The van der Waals surface area contributed by atoms with E-state index in [1.807, 2.05) is 0 Å². The van der Waals surface area contributed by atoms with Crippen LogP contribution in [0.3, 0.4) is 0 Å². The van der Waals surface area contributed by atoms with Gasteiger partial charge in [-0.3, -0.25) is 0 Å². The lowest BCUT2D eigenvalue weighted by Crippen LogP contribution is -2.23. The molecule has 5 nitrogen and oxygen atoms in total. The number of hydrogen-bond donors (Lipinski definition) is 3. The van der Waals surface area contributed by atoms with Gasteiger partial charge in [0.25, 0.3) is 0 Å². The lowest BCUT2D eigenvalue weighted by molar-refractivity contribution is 0.584. The van der Waals surface area contributed by atoms with E-state index in [2.05, 4.69) is 16.6 Å². The molecule has 0 unspecified atom stereocenters. The minimum Gasteiger partial charge on any atom is -0.397 e. The third kappa shape index (κ3) is 3.90. The Bertz CT molecular complexity index is 543. The van der Waals surface area contributed by atoms with Gasteiger partial charge in [-0.05, 0) is 18.2 Å². The van der Waals surface area contributed by atoms with Crippen LogP contribution in [0, 0.1) is 0 Å². The highest BCUT2D eigenvalue weighted by molar-refractivity contribution is 7.89. The molecule has 0 spiro atoms. The fourth-order valence-electron chi connectivity index (χ4n) is 1.32. The molecule has 0 bridgehead atoms. The summed E-state index contributed by atoms with van der Waals surface area (Å²) in [6.45, 7) is 5.89. The molecular formula is C11H16ClN3O2S. The van der Waals surface area contributed by atoms with Crippen molar-refractivity contribution < 1.29 is 8.42 Å². The monoisotopic (exact) mass is 289 g/mol. The first-order chi connectivity index (χ1) is 8.36. The highest BCUT2D eigenvalue weighted by Crippen LogP contribution is 2.23. The van der Waals surface area contributed by atoms with Crippen molar-refractivity contribution in [2.75, 3.05) is 24.1 Å². The molecule has 0 aliphatic carbocycles. The topological polar surface area (TPSA) is 84.2 Å². The predicted molar refractivity (Wildman–Crippen MR) is 75.2 cm³/mol. The molecule has 1 aromatic rings. The molecule has 0 aliphatic rings. The molecule has 0 heterocycles. The number of hydrogen-bond acceptors (Lipinski definition) is 4. The Kier molecular flexibility index (Phi) is 5.01. The number of anilines is 2. The smallest absolute Gasteiger partial charge is 0.240 e. The van der Waals surface area contributed by atoms with E-state index in [9.17, 15) is 8.42 Å². The maximum atomic E-state index is 11.8. The largest absolute Gasteiger partial charge is 0.397 e. The molecule has 100 valence electrons. The Hall–Kier alpha value is -1.24. The third-order valence-corrected chi connectivity index (χ3v) is 3.82. The Balaban J connectivity index is 3.04. The Labute approximate surface area is 112 Å². The first-order valence-electron chi connectivity index (χ1n) is 5.33. The van der Waals surface area contributed by atoms with Gasteiger partial charge in [-0.2, -0.15) is 0 Å². The maximum Gasteiger partial charge on any atom is 0.240 e. The minimum atomic E-state index is -3.49. The number of nitrogens with one attached hydrogen (secondary N) is 2. The van der Waals surface area contributed by atoms with Crippen LogP contribution in [0.15, 0.2) is 34.7 Å². The quantitative estimate of drug-likeness (QED) is 0.696. The average molecular weight is 290 g/mol. The molecule has 4 N–H and O–H groups in total. The van der Waals surface area contributed by atoms with Gasteiger partial charge < -0.3 is 11.1 Å². The van der Waals surface area contributed by atoms with E-state index >= 15 is 0 Å². The van der Waals surface area contributed by atoms with Crippen molar-refractivity contribution in [1.82, 2.24) is 4.72 Å². The summed E-state index contributed by atoms with van der Waals surface area (Å²) in [6.07, 6.45) is 0. The molecule has 0 amide bonds. The minimum absolute atomic E-state index is 0.154. The van der Waals surface area contributed by atoms with E-state index in [0.29, 0.717) is 29.5 Å². The molecule has 0 radical (unpaired) electrons. The van der Waals surface area contributed by atoms with Gasteiger partial charge in [0.2, 0.25) is 10.0 Å². The van der Waals surface area contributed by atoms with Crippen LogP contribution in [-0.2, 0) is 10.0 Å². The highest BCUT2D eigenvalue weighted by atomic mass is 35.5. The maximum absolute atomic E-state index is 11.8. The third-order valence-electron chi connectivity index (χ3n) is 2.14. The number of benzene rings is 1. The van der Waals surface area contributed by atoms with Crippen molar-refractivity contribution in [3.63, 3.8) is 0 Å². The Morgan fingerprint density at radius 3 is 2.72 bits per heavy atom. The van der Waals surface area contributed by atoms with Crippen molar-refractivity contribution in [2.45, 2.75) is 11.8 Å². The van der Waals surface area contributed by atoms with E-state index in [1.54, 1.807) is 6.92 Å². The molecule has 1 aromatic carbocycles. The summed E-state index contributed by atoms with van der Waals surface area (Å²) in [5, 5.41) is 3.33. The summed E-state index contributed by atoms with van der Waals surface area (Å²) >= 11 is 5.63. The number of nitrogens with two attached hydrogens (primary N) is 1. The van der Waals surface area contributed by atoms with Crippen LogP contribution in [0.1, 0.15) is 6.92 Å². The van der Waals surface area contributed by atoms with E-state index in [0.717, 1.165) is 0 Å². The molecule has 18 heavy (non-hydrogen) atoms. The number of rotatable bonds is 6. The van der Waals surface area contributed by atoms with Crippen LogP contribution >= 0.6 is 11.6 Å². The molecule has 0 atom stereocenters. The standard InChI is InChI=1S/C11H16ClN3O2S/c1-3-15-18(16,17)9-4-5-10(13)11(6-9)14-7-8(2)12/h4-6,14-15H,2-3,7,13H2,1H3. The normalized spacial score (nSPS) is 11.2. The molecule has 0 fully saturated rings. The highest BCUT2D eigenvalue weighted by Gasteiger charge is 2.14. The lowest BCUT2D eigenvalue weighted by atomic mass is 10.2. The lowest BCUT2D eigenvalue weighted by Gasteiger charge is -2.11. The predicted octanol–water partition coefficient (Wildman–Crippen LogP) is 1.73. The molecular weight excluding hydrogens is 274 g/mol. The Morgan fingerprint density at radius 1 is 1.50 bits per heavy atom. The van der Waals surface area contributed by atoms with Gasteiger partial charge in [0.05, 0.1) is 22.8 Å². The summed E-state index contributed by atoms with van der Waals surface area (Å²) in [5.41, 5.74) is 6.70. The van der Waals surface area contributed by atoms with Gasteiger partial charge in [0.15, 0.2) is 0 Å². The second kappa shape index (κ2) is 6.08. The van der Waals surface area contributed by atoms with Gasteiger partial charge in [-0.25, -0.2) is 13.1 Å². The van der Waals surface area contributed by atoms with E-state index in [-0.39, 0.29) is 4.90 Å². The number of halogens is 1. The van der Waals surface area contributed by atoms with Crippen LogP contribution in [0.5, 0.6) is 0 Å². The summed E-state index contributed by atoms with van der Waals surface area (Å²) < 4.78 is 26.0. The second-order valence-electron chi connectivity index (χ2n) is 3.62. The fourth-order valence-corrected chi connectivity index (χ4v) is 2.45. The zero-order valence-electron chi connectivity index (χ0n) is 10.0. The zero-order chi connectivity index (χ0) is 13.8. The van der Waals surface area contributed by atoms with E-state index in [4.69, 9.17) is 17.3 Å². The molecule has 0 aromatic heterocycles. The van der Waals surface area contributed by atoms with E-state index in [1.165, 1.54) is 18.2 Å². The number of nitrogen functional groups attached to an aromatic ring is 1. The summed E-state index contributed by atoms with van der Waals surface area (Å²) in [4.78, 5) is 0.154.